The molecular weight excluding hydrogens is 448 g/mol. The molecule has 3 aromatic carbocycles. The molecule has 0 fully saturated rings. The summed E-state index contributed by atoms with van der Waals surface area (Å²) < 4.78 is 11.9. The molecule has 0 heterocycles. The van der Waals surface area contributed by atoms with Crippen LogP contribution in [0.1, 0.15) is 34.7 Å². The van der Waals surface area contributed by atoms with Gasteiger partial charge in [-0.2, -0.15) is 5.26 Å². The van der Waals surface area contributed by atoms with E-state index < -0.39 is 5.91 Å². The van der Waals surface area contributed by atoms with Gasteiger partial charge in [0.25, 0.3) is 5.91 Å². The number of ether oxygens (including phenoxy) is 2. The summed E-state index contributed by atoms with van der Waals surface area (Å²) in [6, 6.07) is 18.3. The molecule has 3 rings (SSSR count). The van der Waals surface area contributed by atoms with E-state index in [2.05, 4.69) is 38.2 Å². The van der Waals surface area contributed by atoms with Crippen LogP contribution in [0.25, 0.3) is 6.08 Å². The minimum Gasteiger partial charge on any atom is -0.490 e. The molecule has 6 heteroatoms. The van der Waals surface area contributed by atoms with Crippen LogP contribution in [0.15, 0.2) is 60.2 Å². The van der Waals surface area contributed by atoms with Crippen molar-refractivity contribution < 1.29 is 14.3 Å². The van der Waals surface area contributed by atoms with Crippen molar-refractivity contribution in [2.24, 2.45) is 0 Å². The van der Waals surface area contributed by atoms with Gasteiger partial charge in [0.2, 0.25) is 0 Å². The van der Waals surface area contributed by atoms with Crippen molar-refractivity contribution in [1.29, 1.82) is 5.26 Å². The predicted molar refractivity (Wildman–Crippen MR) is 136 cm³/mol. The van der Waals surface area contributed by atoms with Crippen molar-refractivity contribution in [3.05, 3.63) is 93.0 Å². The molecule has 0 bridgehead atoms. The Morgan fingerprint density at radius 2 is 1.68 bits per heavy atom. The molecular formula is C28H27ClN2O3. The topological polar surface area (TPSA) is 71.3 Å². The first-order valence-corrected chi connectivity index (χ1v) is 11.3. The number of carbonyl (C=O) groups excluding carboxylic acids is 1. The van der Waals surface area contributed by atoms with Gasteiger partial charge in [0.05, 0.1) is 6.61 Å². The van der Waals surface area contributed by atoms with Gasteiger partial charge in [-0.15, -0.1) is 0 Å². The van der Waals surface area contributed by atoms with Crippen LogP contribution in [0.4, 0.5) is 5.69 Å². The molecule has 174 valence electrons. The zero-order chi connectivity index (χ0) is 24.7. The van der Waals surface area contributed by atoms with Crippen LogP contribution in [-0.4, -0.2) is 12.5 Å². The number of amides is 1. The fraction of sp³-hybridized carbons (Fsp3) is 0.214. The SMILES string of the molecule is CCOc1cc(/C=C(\C#N)C(=O)Nc2ccc(Cl)cc2)ccc1OCc1c(C)cc(C)cc1C. The molecule has 0 unspecified atom stereocenters. The lowest BCUT2D eigenvalue weighted by atomic mass is 10.0. The molecule has 0 aromatic heterocycles. The summed E-state index contributed by atoms with van der Waals surface area (Å²) in [5.41, 5.74) is 5.90. The van der Waals surface area contributed by atoms with Crippen LogP contribution in [0.5, 0.6) is 11.5 Å². The number of hydrogen-bond donors (Lipinski definition) is 1. The van der Waals surface area contributed by atoms with Gasteiger partial charge in [0.1, 0.15) is 18.2 Å². The minimum atomic E-state index is -0.506. The van der Waals surface area contributed by atoms with Gasteiger partial charge >= 0.3 is 0 Å². The lowest BCUT2D eigenvalue weighted by Gasteiger charge is -2.16. The first-order valence-electron chi connectivity index (χ1n) is 11.0. The highest BCUT2D eigenvalue weighted by molar-refractivity contribution is 6.30. The van der Waals surface area contributed by atoms with Crippen molar-refractivity contribution >= 4 is 29.3 Å². The lowest BCUT2D eigenvalue weighted by Crippen LogP contribution is -2.13. The molecule has 0 spiro atoms. The summed E-state index contributed by atoms with van der Waals surface area (Å²) in [4.78, 5) is 12.6. The van der Waals surface area contributed by atoms with Gasteiger partial charge in [-0.25, -0.2) is 0 Å². The minimum absolute atomic E-state index is 0.0306. The van der Waals surface area contributed by atoms with Crippen molar-refractivity contribution in [3.8, 4) is 17.6 Å². The summed E-state index contributed by atoms with van der Waals surface area (Å²) in [5, 5.41) is 12.8. The number of nitriles is 1. The number of halogens is 1. The Morgan fingerprint density at radius 3 is 2.29 bits per heavy atom. The Kier molecular flexibility index (Phi) is 8.34. The molecule has 34 heavy (non-hydrogen) atoms. The number of benzene rings is 3. The molecule has 0 aliphatic rings. The third-order valence-electron chi connectivity index (χ3n) is 5.26. The maximum Gasteiger partial charge on any atom is 0.266 e. The summed E-state index contributed by atoms with van der Waals surface area (Å²) in [6.45, 7) is 8.99. The molecule has 0 saturated heterocycles. The second kappa shape index (κ2) is 11.4. The molecule has 0 aliphatic heterocycles. The van der Waals surface area contributed by atoms with E-state index in [9.17, 15) is 10.1 Å². The van der Waals surface area contributed by atoms with E-state index >= 15 is 0 Å². The third-order valence-corrected chi connectivity index (χ3v) is 5.51. The third kappa shape index (κ3) is 6.40. The van der Waals surface area contributed by atoms with Crippen LogP contribution in [0.2, 0.25) is 5.02 Å². The highest BCUT2D eigenvalue weighted by Gasteiger charge is 2.13. The smallest absolute Gasteiger partial charge is 0.266 e. The monoisotopic (exact) mass is 474 g/mol. The van der Waals surface area contributed by atoms with E-state index in [1.165, 1.54) is 22.8 Å². The standard InChI is InChI=1S/C28H27ClN2O3/c1-5-33-27-15-21(14-22(16-30)28(32)31-24-9-7-23(29)8-10-24)6-11-26(27)34-17-25-19(3)12-18(2)13-20(25)4/h6-15H,5,17H2,1-4H3,(H,31,32)/b22-14+. The number of hydrogen-bond acceptors (Lipinski definition) is 4. The average Bonchev–Trinajstić information content (AvgIpc) is 2.79. The summed E-state index contributed by atoms with van der Waals surface area (Å²) in [6.07, 6.45) is 1.52. The predicted octanol–water partition coefficient (Wildman–Crippen LogP) is 6.79. The first kappa shape index (κ1) is 24.9. The van der Waals surface area contributed by atoms with Gasteiger partial charge in [0.15, 0.2) is 11.5 Å². The second-order valence-corrected chi connectivity index (χ2v) is 8.37. The average molecular weight is 475 g/mol. The normalized spacial score (nSPS) is 11.0. The largest absolute Gasteiger partial charge is 0.490 e. The van der Waals surface area contributed by atoms with Crippen LogP contribution in [0, 0.1) is 32.1 Å². The zero-order valence-electron chi connectivity index (χ0n) is 19.7. The molecule has 1 N–H and O–H groups in total. The maximum absolute atomic E-state index is 12.6. The van der Waals surface area contributed by atoms with Gasteiger partial charge in [-0.05, 0) is 92.4 Å². The molecule has 0 saturated carbocycles. The number of rotatable bonds is 8. The fourth-order valence-corrected chi connectivity index (χ4v) is 3.76. The van der Waals surface area contributed by atoms with E-state index in [1.807, 2.05) is 13.0 Å². The first-order chi connectivity index (χ1) is 16.3. The number of nitrogens with one attached hydrogen (secondary N) is 1. The van der Waals surface area contributed by atoms with Crippen molar-refractivity contribution in [1.82, 2.24) is 0 Å². The lowest BCUT2D eigenvalue weighted by molar-refractivity contribution is -0.112. The summed E-state index contributed by atoms with van der Waals surface area (Å²) in [5.74, 6) is 0.644. The number of carbonyl (C=O) groups is 1. The van der Waals surface area contributed by atoms with Crippen LogP contribution in [0.3, 0.4) is 0 Å². The van der Waals surface area contributed by atoms with Crippen LogP contribution >= 0.6 is 11.6 Å². The van der Waals surface area contributed by atoms with Crippen molar-refractivity contribution in [3.63, 3.8) is 0 Å². The van der Waals surface area contributed by atoms with Crippen LogP contribution < -0.4 is 14.8 Å². The number of nitrogens with zero attached hydrogens (tertiary/aromatic N) is 1. The fourth-order valence-electron chi connectivity index (χ4n) is 3.64. The number of aryl methyl sites for hydroxylation is 3. The summed E-state index contributed by atoms with van der Waals surface area (Å²) >= 11 is 5.88. The molecule has 5 nitrogen and oxygen atoms in total. The quantitative estimate of drug-likeness (QED) is 0.288. The second-order valence-electron chi connectivity index (χ2n) is 7.94. The van der Waals surface area contributed by atoms with E-state index in [0.717, 1.165) is 5.56 Å². The Morgan fingerprint density at radius 1 is 1.00 bits per heavy atom. The van der Waals surface area contributed by atoms with E-state index in [4.69, 9.17) is 21.1 Å². The Hall–Kier alpha value is -3.75. The maximum atomic E-state index is 12.6. The number of anilines is 1. The van der Waals surface area contributed by atoms with Gasteiger partial charge in [0, 0.05) is 10.7 Å². The molecule has 3 aromatic rings. The van der Waals surface area contributed by atoms with E-state index in [-0.39, 0.29) is 5.57 Å². The van der Waals surface area contributed by atoms with Crippen molar-refractivity contribution in [2.45, 2.75) is 34.3 Å². The Bertz CT molecular complexity index is 1230. The zero-order valence-corrected chi connectivity index (χ0v) is 20.5. The Labute approximate surface area is 205 Å². The molecule has 0 aliphatic carbocycles. The van der Waals surface area contributed by atoms with Gasteiger partial charge in [-0.3, -0.25) is 4.79 Å². The summed E-state index contributed by atoms with van der Waals surface area (Å²) in [7, 11) is 0. The van der Waals surface area contributed by atoms with Gasteiger partial charge < -0.3 is 14.8 Å². The highest BCUT2D eigenvalue weighted by atomic mass is 35.5. The van der Waals surface area contributed by atoms with E-state index in [1.54, 1.807) is 42.5 Å². The van der Waals surface area contributed by atoms with Crippen molar-refractivity contribution in [2.75, 3.05) is 11.9 Å². The van der Waals surface area contributed by atoms with Gasteiger partial charge in [-0.1, -0.05) is 35.4 Å². The van der Waals surface area contributed by atoms with E-state index in [0.29, 0.717) is 41.0 Å². The molecule has 0 radical (unpaired) electrons. The molecule has 0 atom stereocenters. The van der Waals surface area contributed by atoms with Crippen LogP contribution in [-0.2, 0) is 11.4 Å². The highest BCUT2D eigenvalue weighted by Crippen LogP contribution is 2.31. The molecule has 1 amide bonds. The Balaban J connectivity index is 1.80.